The van der Waals surface area contributed by atoms with Crippen molar-refractivity contribution in [3.63, 3.8) is 0 Å². The lowest BCUT2D eigenvalue weighted by atomic mass is 9.98. The molecule has 1 saturated carbocycles. The molecule has 1 spiro atoms. The van der Waals surface area contributed by atoms with Crippen LogP contribution in [0, 0.1) is 5.92 Å². The maximum atomic E-state index is 12.7. The third-order valence-corrected chi connectivity index (χ3v) is 6.35. The lowest BCUT2D eigenvalue weighted by Crippen LogP contribution is -2.44. The van der Waals surface area contributed by atoms with Gasteiger partial charge < -0.3 is 15.4 Å². The number of hydrogen-bond acceptors (Lipinski definition) is 6. The summed E-state index contributed by atoms with van der Waals surface area (Å²) < 4.78 is 4.87. The highest BCUT2D eigenvalue weighted by Crippen LogP contribution is 2.35. The van der Waals surface area contributed by atoms with E-state index in [9.17, 15) is 19.2 Å². The van der Waals surface area contributed by atoms with Crippen LogP contribution >= 0.6 is 11.3 Å². The zero-order chi connectivity index (χ0) is 21.2. The van der Waals surface area contributed by atoms with Gasteiger partial charge in [-0.1, -0.05) is 26.7 Å². The van der Waals surface area contributed by atoms with E-state index in [1.54, 1.807) is 0 Å². The molecule has 9 heteroatoms. The van der Waals surface area contributed by atoms with Crippen molar-refractivity contribution in [1.82, 2.24) is 10.2 Å². The highest BCUT2D eigenvalue weighted by Gasteiger charge is 2.52. The van der Waals surface area contributed by atoms with Gasteiger partial charge >= 0.3 is 12.0 Å². The molecule has 2 fully saturated rings. The number of nitrogens with one attached hydrogen (secondary N) is 2. The number of hydrogen-bond donors (Lipinski definition) is 2. The summed E-state index contributed by atoms with van der Waals surface area (Å²) in [6, 6.07) is -0.435. The Morgan fingerprint density at radius 1 is 1.31 bits per heavy atom. The van der Waals surface area contributed by atoms with E-state index >= 15 is 0 Å². The molecule has 0 bridgehead atoms. The van der Waals surface area contributed by atoms with Gasteiger partial charge in [0, 0.05) is 13.0 Å². The molecule has 1 saturated heterocycles. The van der Waals surface area contributed by atoms with Gasteiger partial charge in [0.05, 0.1) is 12.7 Å². The zero-order valence-corrected chi connectivity index (χ0v) is 17.8. The first-order valence-corrected chi connectivity index (χ1v) is 10.8. The fourth-order valence-electron chi connectivity index (χ4n) is 4.00. The predicted octanol–water partition coefficient (Wildman–Crippen LogP) is 2.93. The minimum absolute atomic E-state index is 0.00995. The van der Waals surface area contributed by atoms with Gasteiger partial charge in [0.15, 0.2) is 0 Å². The molecular formula is C20H27N3O5S. The van der Waals surface area contributed by atoms with Crippen LogP contribution in [0.2, 0.25) is 0 Å². The molecule has 3 rings (SSSR count). The lowest BCUT2D eigenvalue weighted by molar-refractivity contribution is -0.131. The minimum atomic E-state index is -0.773. The monoisotopic (exact) mass is 421 g/mol. The average Bonchev–Trinajstić information content (AvgIpc) is 3.34. The molecule has 2 heterocycles. The third-order valence-electron chi connectivity index (χ3n) is 5.40. The molecule has 1 aromatic rings. The van der Waals surface area contributed by atoms with Crippen LogP contribution in [-0.4, -0.2) is 47.9 Å². The quantitative estimate of drug-likeness (QED) is 0.520. The average molecular weight is 422 g/mol. The van der Waals surface area contributed by atoms with Gasteiger partial charge in [-0.2, -0.15) is 0 Å². The molecule has 0 atom stereocenters. The fourth-order valence-corrected chi connectivity index (χ4v) is 4.98. The number of rotatable bonds is 7. The molecule has 2 N–H and O–H groups in total. The van der Waals surface area contributed by atoms with Crippen LogP contribution in [0.15, 0.2) is 5.38 Å². The summed E-state index contributed by atoms with van der Waals surface area (Å²) in [5.41, 5.74) is 0.439. The molecule has 0 unspecified atom stereocenters. The first kappa shape index (κ1) is 21.3. The number of carbonyl (C=O) groups excluding carboxylic acids is 4. The molecule has 1 aliphatic carbocycles. The number of imide groups is 1. The number of carbonyl (C=O) groups is 4. The Morgan fingerprint density at radius 3 is 2.62 bits per heavy atom. The van der Waals surface area contributed by atoms with Crippen LogP contribution in [0.25, 0.3) is 0 Å². The molecule has 8 nitrogen and oxygen atoms in total. The smallest absolute Gasteiger partial charge is 0.341 e. The standard InChI is InChI=1S/C20H27N3O5S/c1-12(2)10-13-11-29-16(15(13)17(25)28-3)21-14(24)6-9-23-18(26)20(22-19(23)27)7-4-5-8-20/h11-12H,4-10H2,1-3H3,(H,21,24)(H,22,27). The van der Waals surface area contributed by atoms with Crippen molar-refractivity contribution in [3.05, 3.63) is 16.5 Å². The second-order valence-corrected chi connectivity index (χ2v) is 8.91. The molecule has 0 radical (unpaired) electrons. The largest absolute Gasteiger partial charge is 0.465 e. The molecule has 1 aliphatic heterocycles. The summed E-state index contributed by atoms with van der Waals surface area (Å²) >= 11 is 1.27. The summed E-state index contributed by atoms with van der Waals surface area (Å²) in [5, 5.41) is 7.83. The minimum Gasteiger partial charge on any atom is -0.465 e. The summed E-state index contributed by atoms with van der Waals surface area (Å²) in [6.07, 6.45) is 3.78. The third kappa shape index (κ3) is 4.29. The SMILES string of the molecule is COC(=O)c1c(CC(C)C)csc1NC(=O)CCN1C(=O)NC2(CCCC2)C1=O. The number of ether oxygens (including phenoxy) is 1. The normalized spacial score (nSPS) is 17.9. The molecule has 29 heavy (non-hydrogen) atoms. The van der Waals surface area contributed by atoms with Crippen molar-refractivity contribution in [1.29, 1.82) is 0 Å². The number of thiophene rings is 1. The number of nitrogens with zero attached hydrogens (tertiary/aromatic N) is 1. The Hall–Kier alpha value is -2.42. The van der Waals surface area contributed by atoms with Crippen molar-refractivity contribution in [2.24, 2.45) is 5.92 Å². The number of methoxy groups -OCH3 is 1. The summed E-state index contributed by atoms with van der Waals surface area (Å²) in [6.45, 7) is 4.11. The Morgan fingerprint density at radius 2 is 2.00 bits per heavy atom. The lowest BCUT2D eigenvalue weighted by Gasteiger charge is -2.19. The van der Waals surface area contributed by atoms with Gasteiger partial charge in [-0.3, -0.25) is 14.5 Å². The maximum absolute atomic E-state index is 12.7. The van der Waals surface area contributed by atoms with Gasteiger partial charge in [0.1, 0.15) is 10.5 Å². The van der Waals surface area contributed by atoms with E-state index in [-0.39, 0.29) is 24.8 Å². The van der Waals surface area contributed by atoms with Crippen molar-refractivity contribution in [2.75, 3.05) is 19.0 Å². The van der Waals surface area contributed by atoms with Crippen molar-refractivity contribution in [3.8, 4) is 0 Å². The van der Waals surface area contributed by atoms with E-state index in [0.717, 1.165) is 23.3 Å². The maximum Gasteiger partial charge on any atom is 0.341 e. The van der Waals surface area contributed by atoms with Gasteiger partial charge in [-0.05, 0) is 36.1 Å². The molecule has 0 aromatic carbocycles. The van der Waals surface area contributed by atoms with Crippen LogP contribution < -0.4 is 10.6 Å². The highest BCUT2D eigenvalue weighted by atomic mass is 32.1. The van der Waals surface area contributed by atoms with Gasteiger partial charge in [-0.15, -0.1) is 11.3 Å². The number of esters is 1. The highest BCUT2D eigenvalue weighted by molar-refractivity contribution is 7.15. The molecular weight excluding hydrogens is 394 g/mol. The molecule has 4 amide bonds. The predicted molar refractivity (Wildman–Crippen MR) is 109 cm³/mol. The van der Waals surface area contributed by atoms with E-state index in [4.69, 9.17) is 4.74 Å². The Labute approximate surface area is 174 Å². The van der Waals surface area contributed by atoms with Crippen molar-refractivity contribution in [2.45, 2.75) is 57.9 Å². The van der Waals surface area contributed by atoms with Crippen LogP contribution in [0.1, 0.15) is 61.9 Å². The molecule has 158 valence electrons. The van der Waals surface area contributed by atoms with Crippen molar-refractivity contribution >= 4 is 40.2 Å². The van der Waals surface area contributed by atoms with Crippen LogP contribution in [0.5, 0.6) is 0 Å². The topological polar surface area (TPSA) is 105 Å². The van der Waals surface area contributed by atoms with Crippen LogP contribution in [-0.2, 0) is 20.7 Å². The van der Waals surface area contributed by atoms with E-state index in [1.165, 1.54) is 18.4 Å². The van der Waals surface area contributed by atoms with Crippen LogP contribution in [0.4, 0.5) is 9.80 Å². The summed E-state index contributed by atoms with van der Waals surface area (Å²) in [7, 11) is 1.31. The van der Waals surface area contributed by atoms with E-state index in [1.807, 2.05) is 19.2 Å². The second-order valence-electron chi connectivity index (χ2n) is 8.03. The number of amides is 4. The van der Waals surface area contributed by atoms with Crippen LogP contribution in [0.3, 0.4) is 0 Å². The molecule has 2 aliphatic rings. The number of anilines is 1. The number of urea groups is 1. The van der Waals surface area contributed by atoms with Gasteiger partial charge in [0.25, 0.3) is 5.91 Å². The molecule has 1 aromatic heterocycles. The first-order valence-electron chi connectivity index (χ1n) is 9.90. The van der Waals surface area contributed by atoms with E-state index < -0.39 is 17.5 Å². The summed E-state index contributed by atoms with van der Waals surface area (Å²) in [5.74, 6) is -0.743. The summed E-state index contributed by atoms with van der Waals surface area (Å²) in [4.78, 5) is 50.7. The first-order chi connectivity index (χ1) is 13.8. The Kier molecular flexibility index (Phi) is 6.26. The van der Waals surface area contributed by atoms with E-state index in [2.05, 4.69) is 10.6 Å². The Bertz CT molecular complexity index is 826. The van der Waals surface area contributed by atoms with Crippen molar-refractivity contribution < 1.29 is 23.9 Å². The van der Waals surface area contributed by atoms with Gasteiger partial charge in [0.2, 0.25) is 5.91 Å². The van der Waals surface area contributed by atoms with Gasteiger partial charge in [-0.25, -0.2) is 9.59 Å². The fraction of sp³-hybridized carbons (Fsp3) is 0.600. The van der Waals surface area contributed by atoms with E-state index in [0.29, 0.717) is 35.7 Å². The zero-order valence-electron chi connectivity index (χ0n) is 17.0. The Balaban J connectivity index is 1.64. The second kappa shape index (κ2) is 8.52.